The van der Waals surface area contributed by atoms with Crippen LogP contribution in [0.3, 0.4) is 0 Å². The predicted octanol–water partition coefficient (Wildman–Crippen LogP) is 2.26. The number of amides is 1. The standard InChI is InChI=1S/C17H17FN4O.C4H4O4/c1-10-13(20-9-19-10)8-22-6-5-15-16(17(22)23)12-7-11(18)3-4-14(12)21(15)2;5-3(6)1-2-4(7)8/h3-4,7,9H,5-6,8H2,1-2H3,(H,19,20);1-2H,(H,5,6)(H,7,8). The number of hydrogen-bond acceptors (Lipinski definition) is 4. The molecule has 1 aromatic carbocycles. The molecule has 3 N–H and O–H groups in total. The summed E-state index contributed by atoms with van der Waals surface area (Å²) in [5, 5.41) is 16.3. The van der Waals surface area contributed by atoms with Crippen LogP contribution >= 0.6 is 0 Å². The maximum absolute atomic E-state index is 13.6. The number of fused-ring (bicyclic) bond motifs is 3. The summed E-state index contributed by atoms with van der Waals surface area (Å²) in [6.45, 7) is 3.06. The van der Waals surface area contributed by atoms with E-state index < -0.39 is 11.9 Å². The number of carboxylic acids is 2. The summed E-state index contributed by atoms with van der Waals surface area (Å²) in [4.78, 5) is 41.1. The Bertz CT molecular complexity index is 1180. The number of aliphatic carboxylic acids is 2. The molecule has 0 radical (unpaired) electrons. The normalized spacial score (nSPS) is 13.3. The topological polar surface area (TPSA) is 129 Å². The number of aryl methyl sites for hydroxylation is 2. The maximum atomic E-state index is 13.6. The van der Waals surface area contributed by atoms with Crippen molar-refractivity contribution >= 4 is 28.7 Å². The Labute approximate surface area is 176 Å². The Hall–Kier alpha value is -3.95. The smallest absolute Gasteiger partial charge is 0.328 e. The molecule has 31 heavy (non-hydrogen) atoms. The van der Waals surface area contributed by atoms with Crippen LogP contribution in [0.5, 0.6) is 0 Å². The summed E-state index contributed by atoms with van der Waals surface area (Å²) in [7, 11) is 1.93. The van der Waals surface area contributed by atoms with Crippen molar-refractivity contribution in [1.29, 1.82) is 0 Å². The van der Waals surface area contributed by atoms with Crippen molar-refractivity contribution in [1.82, 2.24) is 19.4 Å². The maximum Gasteiger partial charge on any atom is 0.328 e. The molecule has 3 heterocycles. The molecule has 0 aliphatic carbocycles. The van der Waals surface area contributed by atoms with Gasteiger partial charge in [-0.25, -0.2) is 19.0 Å². The van der Waals surface area contributed by atoms with Crippen LogP contribution in [0.2, 0.25) is 0 Å². The number of hydrogen-bond donors (Lipinski definition) is 3. The van der Waals surface area contributed by atoms with Crippen LogP contribution in [0.25, 0.3) is 10.9 Å². The Morgan fingerprint density at radius 3 is 2.52 bits per heavy atom. The molecule has 162 valence electrons. The molecule has 9 nitrogen and oxygen atoms in total. The van der Waals surface area contributed by atoms with Crippen molar-refractivity contribution in [2.45, 2.75) is 19.9 Å². The first-order valence-electron chi connectivity index (χ1n) is 9.38. The van der Waals surface area contributed by atoms with Crippen molar-refractivity contribution in [2.24, 2.45) is 7.05 Å². The van der Waals surface area contributed by atoms with Gasteiger partial charge in [0.05, 0.1) is 24.1 Å². The molecule has 4 rings (SSSR count). The first-order chi connectivity index (χ1) is 14.7. The molecular weight excluding hydrogens is 407 g/mol. The first kappa shape index (κ1) is 21.8. The first-order valence-corrected chi connectivity index (χ1v) is 9.38. The Morgan fingerprint density at radius 2 is 1.94 bits per heavy atom. The fourth-order valence-electron chi connectivity index (χ4n) is 3.52. The number of aromatic amines is 1. The van der Waals surface area contributed by atoms with E-state index in [0.717, 1.165) is 29.0 Å². The van der Waals surface area contributed by atoms with Gasteiger partial charge in [0.2, 0.25) is 0 Å². The van der Waals surface area contributed by atoms with Crippen LogP contribution in [0.1, 0.15) is 27.4 Å². The lowest BCUT2D eigenvalue weighted by atomic mass is 10.0. The van der Waals surface area contributed by atoms with Gasteiger partial charge >= 0.3 is 11.9 Å². The van der Waals surface area contributed by atoms with E-state index in [1.807, 2.05) is 18.5 Å². The number of carboxylic acid groups (broad SMARTS) is 2. The number of carbonyl (C=O) groups is 3. The summed E-state index contributed by atoms with van der Waals surface area (Å²) in [5.41, 5.74) is 4.33. The zero-order chi connectivity index (χ0) is 22.7. The molecule has 0 fully saturated rings. The summed E-state index contributed by atoms with van der Waals surface area (Å²) < 4.78 is 15.6. The van der Waals surface area contributed by atoms with Crippen molar-refractivity contribution in [3.63, 3.8) is 0 Å². The second kappa shape index (κ2) is 8.82. The molecule has 0 spiro atoms. The largest absolute Gasteiger partial charge is 0.478 e. The van der Waals surface area contributed by atoms with E-state index in [1.54, 1.807) is 17.3 Å². The van der Waals surface area contributed by atoms with E-state index in [2.05, 4.69) is 9.97 Å². The van der Waals surface area contributed by atoms with Gasteiger partial charge in [-0.1, -0.05) is 0 Å². The third-order valence-corrected chi connectivity index (χ3v) is 5.05. The molecule has 0 saturated heterocycles. The molecule has 10 heteroatoms. The number of rotatable bonds is 4. The van der Waals surface area contributed by atoms with Crippen molar-refractivity contribution in [2.75, 3.05) is 6.54 Å². The van der Waals surface area contributed by atoms with Gasteiger partial charge in [-0.15, -0.1) is 0 Å². The van der Waals surface area contributed by atoms with Gasteiger partial charge in [0.15, 0.2) is 0 Å². The zero-order valence-corrected chi connectivity index (χ0v) is 16.9. The van der Waals surface area contributed by atoms with Crippen molar-refractivity contribution < 1.29 is 29.0 Å². The number of nitrogens with one attached hydrogen (secondary N) is 1. The average molecular weight is 428 g/mol. The molecule has 3 aromatic rings. The average Bonchev–Trinajstić information content (AvgIpc) is 3.24. The molecular formula is C21H21FN4O5. The number of H-pyrrole nitrogens is 1. The number of carbonyl (C=O) groups excluding carboxylic acids is 1. The fourth-order valence-corrected chi connectivity index (χ4v) is 3.52. The summed E-state index contributed by atoms with van der Waals surface area (Å²) in [6.07, 6.45) is 3.51. The highest BCUT2D eigenvalue weighted by Crippen LogP contribution is 2.31. The number of halogens is 1. The second-order valence-corrected chi connectivity index (χ2v) is 7.00. The fraction of sp³-hybridized carbons (Fsp3) is 0.238. The van der Waals surface area contributed by atoms with E-state index in [0.29, 0.717) is 36.2 Å². The quantitative estimate of drug-likeness (QED) is 0.547. The van der Waals surface area contributed by atoms with Gasteiger partial charge in [-0.3, -0.25) is 4.79 Å². The highest BCUT2D eigenvalue weighted by molar-refractivity contribution is 6.09. The van der Waals surface area contributed by atoms with Gasteiger partial charge < -0.3 is 24.7 Å². The number of nitrogens with zero attached hydrogens (tertiary/aromatic N) is 3. The highest BCUT2D eigenvalue weighted by Gasteiger charge is 2.30. The molecule has 0 saturated carbocycles. The van der Waals surface area contributed by atoms with Gasteiger partial charge in [-0.2, -0.15) is 0 Å². The summed E-state index contributed by atoms with van der Waals surface area (Å²) >= 11 is 0. The lowest BCUT2D eigenvalue weighted by molar-refractivity contribution is -0.134. The van der Waals surface area contributed by atoms with E-state index in [1.165, 1.54) is 12.1 Å². The molecule has 2 aromatic heterocycles. The third-order valence-electron chi connectivity index (χ3n) is 5.05. The SMILES string of the molecule is Cc1[nH]cnc1CN1CCc2c(c3cc(F)ccc3n2C)C1=O.O=C(O)C=CC(=O)O. The van der Waals surface area contributed by atoms with Crippen molar-refractivity contribution in [3.05, 3.63) is 65.1 Å². The van der Waals surface area contributed by atoms with Crippen molar-refractivity contribution in [3.8, 4) is 0 Å². The van der Waals surface area contributed by atoms with Crippen LogP contribution < -0.4 is 0 Å². The molecule has 0 unspecified atom stereocenters. The molecule has 1 aliphatic rings. The van der Waals surface area contributed by atoms with Gasteiger partial charge in [0.25, 0.3) is 5.91 Å². The third kappa shape index (κ3) is 4.63. The van der Waals surface area contributed by atoms with E-state index >= 15 is 0 Å². The molecule has 1 aliphatic heterocycles. The molecule has 0 bridgehead atoms. The van der Waals surface area contributed by atoms with Crippen LogP contribution in [0.15, 0.2) is 36.7 Å². The van der Waals surface area contributed by atoms with Crippen LogP contribution in [-0.2, 0) is 29.6 Å². The lowest BCUT2D eigenvalue weighted by Gasteiger charge is -2.27. The van der Waals surface area contributed by atoms with E-state index in [4.69, 9.17) is 10.2 Å². The van der Waals surface area contributed by atoms with Crippen LogP contribution in [0.4, 0.5) is 4.39 Å². The van der Waals surface area contributed by atoms with Gasteiger partial charge in [0, 0.05) is 54.5 Å². The number of aromatic nitrogens is 3. The van der Waals surface area contributed by atoms with E-state index in [9.17, 15) is 18.8 Å². The Kier molecular flexibility index (Phi) is 6.19. The summed E-state index contributed by atoms with van der Waals surface area (Å²) in [6, 6.07) is 4.62. The van der Waals surface area contributed by atoms with E-state index in [-0.39, 0.29) is 11.7 Å². The van der Waals surface area contributed by atoms with Crippen LogP contribution in [-0.4, -0.2) is 54.0 Å². The monoisotopic (exact) mass is 428 g/mol. The zero-order valence-electron chi connectivity index (χ0n) is 16.9. The highest BCUT2D eigenvalue weighted by atomic mass is 19.1. The van der Waals surface area contributed by atoms with Crippen LogP contribution in [0, 0.1) is 12.7 Å². The summed E-state index contributed by atoms with van der Waals surface area (Å²) in [5.74, 6) is -2.89. The minimum absolute atomic E-state index is 0.0511. The predicted molar refractivity (Wildman–Crippen MR) is 109 cm³/mol. The Balaban J connectivity index is 0.000000293. The minimum Gasteiger partial charge on any atom is -0.478 e. The number of benzene rings is 1. The minimum atomic E-state index is -1.26. The molecule has 1 amide bonds. The van der Waals surface area contributed by atoms with Gasteiger partial charge in [0.1, 0.15) is 5.82 Å². The number of imidazole rings is 1. The Morgan fingerprint density at radius 1 is 1.26 bits per heavy atom. The lowest BCUT2D eigenvalue weighted by Crippen LogP contribution is -2.37. The van der Waals surface area contributed by atoms with Gasteiger partial charge in [-0.05, 0) is 25.1 Å². The second-order valence-electron chi connectivity index (χ2n) is 7.00. The molecule has 0 atom stereocenters.